The lowest BCUT2D eigenvalue weighted by Gasteiger charge is -2.21. The van der Waals surface area contributed by atoms with Gasteiger partial charge in [0.2, 0.25) is 0 Å². The van der Waals surface area contributed by atoms with Gasteiger partial charge in [-0.05, 0) is 24.6 Å². The molecule has 1 heterocycles. The Morgan fingerprint density at radius 3 is 2.74 bits per heavy atom. The minimum absolute atomic E-state index is 0.508. The first kappa shape index (κ1) is 13.9. The molecule has 0 aliphatic carbocycles. The highest BCUT2D eigenvalue weighted by atomic mass is 35.5. The topological polar surface area (TPSA) is 41.3 Å². The summed E-state index contributed by atoms with van der Waals surface area (Å²) >= 11 is 6.27. The Bertz CT molecular complexity index is 566. The summed E-state index contributed by atoms with van der Waals surface area (Å²) in [5, 5.41) is 10.2. The molecule has 1 N–H and O–H groups in total. The van der Waals surface area contributed by atoms with Gasteiger partial charge in [-0.1, -0.05) is 17.7 Å². The highest BCUT2D eigenvalue weighted by Crippen LogP contribution is 2.29. The third-order valence-electron chi connectivity index (χ3n) is 3.16. The Labute approximate surface area is 118 Å². The average molecular weight is 280 g/mol. The van der Waals surface area contributed by atoms with Crippen LogP contribution in [0.15, 0.2) is 30.6 Å². The van der Waals surface area contributed by atoms with Crippen molar-refractivity contribution in [3.63, 3.8) is 0 Å². The molecule has 5 heteroatoms. The standard InChI is InChI=1S/C14H18ClN3O/c1-10(19)11-4-5-13(12(15)8-11)18(3)9-14-16-6-7-17(14)2/h4-8,10,19H,9H2,1-3H3/t10-/m1/s1. The molecule has 2 rings (SSSR count). The number of nitrogens with zero attached hydrogens (tertiary/aromatic N) is 3. The Morgan fingerprint density at radius 2 is 2.21 bits per heavy atom. The number of benzene rings is 1. The molecule has 2 aromatic rings. The van der Waals surface area contributed by atoms with Crippen molar-refractivity contribution in [3.8, 4) is 0 Å². The first-order valence-corrected chi connectivity index (χ1v) is 6.51. The van der Waals surface area contributed by atoms with Crippen LogP contribution in [0.3, 0.4) is 0 Å². The predicted octanol–water partition coefficient (Wildman–Crippen LogP) is 2.76. The van der Waals surface area contributed by atoms with Crippen molar-refractivity contribution in [2.45, 2.75) is 19.6 Å². The summed E-state index contributed by atoms with van der Waals surface area (Å²) in [4.78, 5) is 6.33. The van der Waals surface area contributed by atoms with Gasteiger partial charge in [-0.3, -0.25) is 0 Å². The van der Waals surface area contributed by atoms with Crippen LogP contribution in [0.2, 0.25) is 5.02 Å². The molecule has 0 fully saturated rings. The number of imidazole rings is 1. The van der Waals surface area contributed by atoms with Crippen molar-refractivity contribution in [3.05, 3.63) is 47.0 Å². The van der Waals surface area contributed by atoms with Gasteiger partial charge in [0.1, 0.15) is 5.82 Å². The van der Waals surface area contributed by atoms with E-state index in [1.54, 1.807) is 19.2 Å². The monoisotopic (exact) mass is 279 g/mol. The van der Waals surface area contributed by atoms with Crippen molar-refractivity contribution in [2.24, 2.45) is 7.05 Å². The third kappa shape index (κ3) is 3.08. The molecule has 0 amide bonds. The SMILES string of the molecule is C[C@@H](O)c1ccc(N(C)Cc2nccn2C)c(Cl)c1. The van der Waals surface area contributed by atoms with E-state index in [2.05, 4.69) is 4.98 Å². The highest BCUT2D eigenvalue weighted by Gasteiger charge is 2.11. The summed E-state index contributed by atoms with van der Waals surface area (Å²) in [6.45, 7) is 2.40. The molecule has 1 aromatic carbocycles. The highest BCUT2D eigenvalue weighted by molar-refractivity contribution is 6.33. The minimum atomic E-state index is -0.508. The fourth-order valence-electron chi connectivity index (χ4n) is 1.94. The Morgan fingerprint density at radius 1 is 1.47 bits per heavy atom. The first-order chi connectivity index (χ1) is 8.99. The summed E-state index contributed by atoms with van der Waals surface area (Å²) in [6, 6.07) is 5.62. The molecule has 0 saturated carbocycles. The molecule has 0 bridgehead atoms. The maximum absolute atomic E-state index is 9.54. The minimum Gasteiger partial charge on any atom is -0.389 e. The fourth-order valence-corrected chi connectivity index (χ4v) is 2.27. The molecule has 0 unspecified atom stereocenters. The Hall–Kier alpha value is -1.52. The quantitative estimate of drug-likeness (QED) is 0.936. The van der Waals surface area contributed by atoms with E-state index in [1.807, 2.05) is 41.9 Å². The number of hydrogen-bond acceptors (Lipinski definition) is 3. The van der Waals surface area contributed by atoms with E-state index >= 15 is 0 Å². The number of aliphatic hydroxyl groups is 1. The summed E-state index contributed by atoms with van der Waals surface area (Å²) in [5.74, 6) is 0.971. The molecule has 0 radical (unpaired) electrons. The summed E-state index contributed by atoms with van der Waals surface area (Å²) < 4.78 is 1.98. The van der Waals surface area contributed by atoms with E-state index in [0.717, 1.165) is 17.1 Å². The number of halogens is 1. The van der Waals surface area contributed by atoms with Gasteiger partial charge in [0.05, 0.1) is 23.4 Å². The van der Waals surface area contributed by atoms with Crippen LogP contribution in [0.5, 0.6) is 0 Å². The lowest BCUT2D eigenvalue weighted by atomic mass is 10.1. The fraction of sp³-hybridized carbons (Fsp3) is 0.357. The van der Waals surface area contributed by atoms with Crippen molar-refractivity contribution >= 4 is 17.3 Å². The molecule has 1 atom stereocenters. The largest absolute Gasteiger partial charge is 0.389 e. The Balaban J connectivity index is 2.20. The molecule has 19 heavy (non-hydrogen) atoms. The van der Waals surface area contributed by atoms with Crippen LogP contribution >= 0.6 is 11.6 Å². The van der Waals surface area contributed by atoms with Crippen molar-refractivity contribution < 1.29 is 5.11 Å². The number of aromatic nitrogens is 2. The molecule has 1 aromatic heterocycles. The second kappa shape index (κ2) is 5.63. The number of aryl methyl sites for hydroxylation is 1. The van der Waals surface area contributed by atoms with Crippen LogP contribution in [0, 0.1) is 0 Å². The zero-order chi connectivity index (χ0) is 14.0. The smallest absolute Gasteiger partial charge is 0.127 e. The molecule has 4 nitrogen and oxygen atoms in total. The van der Waals surface area contributed by atoms with Gasteiger partial charge in [0.25, 0.3) is 0 Å². The number of anilines is 1. The zero-order valence-electron chi connectivity index (χ0n) is 11.3. The van der Waals surface area contributed by atoms with Crippen LogP contribution in [-0.4, -0.2) is 21.7 Å². The molecular weight excluding hydrogens is 262 g/mol. The van der Waals surface area contributed by atoms with Gasteiger partial charge in [-0.15, -0.1) is 0 Å². The van der Waals surface area contributed by atoms with Crippen LogP contribution < -0.4 is 4.90 Å². The van der Waals surface area contributed by atoms with Crippen molar-refractivity contribution in [1.29, 1.82) is 0 Å². The van der Waals surface area contributed by atoms with Crippen LogP contribution in [-0.2, 0) is 13.6 Å². The van der Waals surface area contributed by atoms with Gasteiger partial charge in [-0.2, -0.15) is 0 Å². The van der Waals surface area contributed by atoms with Gasteiger partial charge in [0, 0.05) is 26.5 Å². The molecular formula is C14H18ClN3O. The van der Waals surface area contributed by atoms with Crippen LogP contribution in [0.4, 0.5) is 5.69 Å². The molecule has 0 spiro atoms. The van der Waals surface area contributed by atoms with Crippen LogP contribution in [0.25, 0.3) is 0 Å². The zero-order valence-corrected chi connectivity index (χ0v) is 12.1. The van der Waals surface area contributed by atoms with Gasteiger partial charge in [-0.25, -0.2) is 4.98 Å². The summed E-state index contributed by atoms with van der Waals surface area (Å²) in [7, 11) is 3.94. The molecule has 102 valence electrons. The van der Waals surface area contributed by atoms with E-state index in [4.69, 9.17) is 11.6 Å². The van der Waals surface area contributed by atoms with Gasteiger partial charge < -0.3 is 14.6 Å². The number of aliphatic hydroxyl groups excluding tert-OH is 1. The molecule has 0 saturated heterocycles. The van der Waals surface area contributed by atoms with E-state index in [1.165, 1.54) is 0 Å². The summed E-state index contributed by atoms with van der Waals surface area (Å²) in [5.41, 5.74) is 1.74. The molecule has 0 aliphatic rings. The maximum Gasteiger partial charge on any atom is 0.127 e. The second-order valence-electron chi connectivity index (χ2n) is 4.70. The third-order valence-corrected chi connectivity index (χ3v) is 3.47. The lowest BCUT2D eigenvalue weighted by molar-refractivity contribution is 0.199. The Kier molecular flexibility index (Phi) is 4.12. The van der Waals surface area contributed by atoms with Crippen molar-refractivity contribution in [2.75, 3.05) is 11.9 Å². The van der Waals surface area contributed by atoms with Gasteiger partial charge >= 0.3 is 0 Å². The van der Waals surface area contributed by atoms with E-state index in [0.29, 0.717) is 11.6 Å². The van der Waals surface area contributed by atoms with Crippen LogP contribution in [0.1, 0.15) is 24.4 Å². The number of rotatable bonds is 4. The lowest BCUT2D eigenvalue weighted by Crippen LogP contribution is -2.19. The second-order valence-corrected chi connectivity index (χ2v) is 5.10. The van der Waals surface area contributed by atoms with Gasteiger partial charge in [0.15, 0.2) is 0 Å². The van der Waals surface area contributed by atoms with E-state index in [-0.39, 0.29) is 0 Å². The number of hydrogen-bond donors (Lipinski definition) is 1. The summed E-state index contributed by atoms with van der Waals surface area (Å²) in [6.07, 6.45) is 3.19. The van der Waals surface area contributed by atoms with E-state index < -0.39 is 6.10 Å². The average Bonchev–Trinajstić information content (AvgIpc) is 2.74. The maximum atomic E-state index is 9.54. The van der Waals surface area contributed by atoms with E-state index in [9.17, 15) is 5.11 Å². The normalized spacial score (nSPS) is 12.5. The predicted molar refractivity (Wildman–Crippen MR) is 77.4 cm³/mol. The first-order valence-electron chi connectivity index (χ1n) is 6.14. The van der Waals surface area contributed by atoms with Crippen molar-refractivity contribution in [1.82, 2.24) is 9.55 Å². The molecule has 0 aliphatic heterocycles.